The Balaban J connectivity index is 3.61. The summed E-state index contributed by atoms with van der Waals surface area (Å²) < 4.78 is 17.0. The zero-order valence-corrected chi connectivity index (χ0v) is 6.85. The molecule has 0 spiro atoms. The Kier molecular flexibility index (Phi) is 5.68. The fourth-order valence-corrected chi connectivity index (χ4v) is 0.497. The number of hydrogen-bond acceptors (Lipinski definition) is 1. The highest BCUT2D eigenvalue weighted by atomic mass is 19.1. The normalized spacial score (nSPS) is 9.67. The molecule has 0 radical (unpaired) electrons. The molecule has 0 aromatic heterocycles. The van der Waals surface area contributed by atoms with Crippen LogP contribution in [0.5, 0.6) is 0 Å². The van der Waals surface area contributed by atoms with E-state index in [0.717, 1.165) is 0 Å². The second-order valence-electron chi connectivity index (χ2n) is 2.14. The van der Waals surface area contributed by atoms with Gasteiger partial charge in [0.1, 0.15) is 12.4 Å². The van der Waals surface area contributed by atoms with Crippen molar-refractivity contribution in [2.45, 2.75) is 0 Å². The van der Waals surface area contributed by atoms with Crippen molar-refractivity contribution in [3.8, 4) is 12.3 Å². The predicted octanol–water partition coefficient (Wildman–Crippen LogP) is 2.23. The molecule has 0 aromatic rings. The van der Waals surface area contributed by atoms with E-state index in [4.69, 9.17) is 11.2 Å². The SMILES string of the molecule is C#CCOCC(=C)/C=C\C(=C)F. The first-order chi connectivity index (χ1) is 5.66. The molecule has 64 valence electrons. The zero-order valence-electron chi connectivity index (χ0n) is 6.85. The van der Waals surface area contributed by atoms with Crippen LogP contribution in [0.4, 0.5) is 4.39 Å². The van der Waals surface area contributed by atoms with Crippen LogP contribution in [-0.2, 0) is 4.74 Å². The van der Waals surface area contributed by atoms with Crippen LogP contribution in [0, 0.1) is 12.3 Å². The lowest BCUT2D eigenvalue weighted by Crippen LogP contribution is -1.95. The highest BCUT2D eigenvalue weighted by molar-refractivity contribution is 5.21. The minimum absolute atomic E-state index is 0.240. The molecule has 0 saturated carbocycles. The Morgan fingerprint density at radius 2 is 2.17 bits per heavy atom. The summed E-state index contributed by atoms with van der Waals surface area (Å²) >= 11 is 0. The summed E-state index contributed by atoms with van der Waals surface area (Å²) in [6, 6.07) is 0. The van der Waals surface area contributed by atoms with Crippen LogP contribution in [0.2, 0.25) is 0 Å². The minimum Gasteiger partial charge on any atom is -0.364 e. The van der Waals surface area contributed by atoms with Crippen molar-refractivity contribution in [3.05, 3.63) is 36.7 Å². The fraction of sp³-hybridized carbons (Fsp3) is 0.200. The maximum Gasteiger partial charge on any atom is 0.116 e. The van der Waals surface area contributed by atoms with E-state index >= 15 is 0 Å². The van der Waals surface area contributed by atoms with Crippen molar-refractivity contribution in [3.63, 3.8) is 0 Å². The van der Waals surface area contributed by atoms with Crippen molar-refractivity contribution in [2.75, 3.05) is 13.2 Å². The summed E-state index contributed by atoms with van der Waals surface area (Å²) in [4.78, 5) is 0. The number of terminal acetylenes is 1. The van der Waals surface area contributed by atoms with Gasteiger partial charge in [0.25, 0.3) is 0 Å². The second kappa shape index (κ2) is 6.38. The Bertz CT molecular complexity index is 233. The molecule has 0 heterocycles. The van der Waals surface area contributed by atoms with Crippen molar-refractivity contribution in [1.82, 2.24) is 0 Å². The van der Waals surface area contributed by atoms with Crippen LogP contribution in [-0.4, -0.2) is 13.2 Å². The molecule has 0 amide bonds. The van der Waals surface area contributed by atoms with E-state index in [-0.39, 0.29) is 6.61 Å². The monoisotopic (exact) mass is 166 g/mol. The lowest BCUT2D eigenvalue weighted by molar-refractivity contribution is 0.194. The first-order valence-electron chi connectivity index (χ1n) is 3.38. The van der Waals surface area contributed by atoms with Gasteiger partial charge in [0.05, 0.1) is 6.61 Å². The molecular formula is C10H11FO. The lowest BCUT2D eigenvalue weighted by Gasteiger charge is -1.97. The minimum atomic E-state index is -0.506. The van der Waals surface area contributed by atoms with Gasteiger partial charge in [0, 0.05) is 0 Å². The molecule has 0 atom stereocenters. The van der Waals surface area contributed by atoms with Crippen LogP contribution in [0.3, 0.4) is 0 Å². The van der Waals surface area contributed by atoms with E-state index in [1.165, 1.54) is 12.2 Å². The molecular weight excluding hydrogens is 155 g/mol. The van der Waals surface area contributed by atoms with E-state index in [0.29, 0.717) is 12.2 Å². The molecule has 0 N–H and O–H groups in total. The molecule has 0 aliphatic rings. The molecule has 0 aliphatic heterocycles. The number of allylic oxidation sites excluding steroid dienone is 2. The molecule has 12 heavy (non-hydrogen) atoms. The average Bonchev–Trinajstić information content (AvgIpc) is 2.01. The maximum absolute atomic E-state index is 12.1. The smallest absolute Gasteiger partial charge is 0.116 e. The first kappa shape index (κ1) is 10.7. The molecule has 0 unspecified atom stereocenters. The Labute approximate surface area is 72.2 Å². The van der Waals surface area contributed by atoms with Crippen molar-refractivity contribution >= 4 is 0 Å². The van der Waals surface area contributed by atoms with E-state index in [9.17, 15) is 4.39 Å². The van der Waals surface area contributed by atoms with Crippen LogP contribution in [0.25, 0.3) is 0 Å². The summed E-state index contributed by atoms with van der Waals surface area (Å²) in [5.74, 6) is 1.80. The quantitative estimate of drug-likeness (QED) is 0.346. The Morgan fingerprint density at radius 3 is 2.67 bits per heavy atom. The summed E-state index contributed by atoms with van der Waals surface area (Å²) in [7, 11) is 0. The zero-order chi connectivity index (χ0) is 9.40. The van der Waals surface area contributed by atoms with Crippen molar-refractivity contribution < 1.29 is 9.13 Å². The topological polar surface area (TPSA) is 9.23 Å². The van der Waals surface area contributed by atoms with Crippen LogP contribution < -0.4 is 0 Å². The first-order valence-corrected chi connectivity index (χ1v) is 3.38. The third-order valence-corrected chi connectivity index (χ3v) is 0.973. The van der Waals surface area contributed by atoms with Crippen molar-refractivity contribution in [2.24, 2.45) is 0 Å². The number of ether oxygens (including phenoxy) is 1. The largest absolute Gasteiger partial charge is 0.364 e. The van der Waals surface area contributed by atoms with Gasteiger partial charge in [-0.15, -0.1) is 6.42 Å². The summed E-state index contributed by atoms with van der Waals surface area (Å²) in [6.45, 7) is 7.22. The molecule has 0 rings (SSSR count). The molecule has 0 bridgehead atoms. The van der Waals surface area contributed by atoms with Gasteiger partial charge in [-0.1, -0.05) is 25.2 Å². The van der Waals surface area contributed by atoms with Gasteiger partial charge >= 0.3 is 0 Å². The Morgan fingerprint density at radius 1 is 1.50 bits per heavy atom. The van der Waals surface area contributed by atoms with E-state index in [2.05, 4.69) is 19.1 Å². The standard InChI is InChI=1S/C10H11FO/c1-4-7-12-8-9(2)5-6-10(3)11/h1,5-6H,2-3,7-8H2/b6-5-. The second-order valence-corrected chi connectivity index (χ2v) is 2.14. The lowest BCUT2D eigenvalue weighted by atomic mass is 10.3. The molecule has 0 aromatic carbocycles. The van der Waals surface area contributed by atoms with Crippen LogP contribution in [0.15, 0.2) is 36.7 Å². The highest BCUT2D eigenvalue weighted by Crippen LogP contribution is 1.99. The number of halogens is 1. The third-order valence-electron chi connectivity index (χ3n) is 0.973. The van der Waals surface area contributed by atoms with Gasteiger partial charge in [-0.3, -0.25) is 0 Å². The number of hydrogen-bond donors (Lipinski definition) is 0. The van der Waals surface area contributed by atoms with E-state index < -0.39 is 5.83 Å². The summed E-state index contributed by atoms with van der Waals surface area (Å²) in [5, 5.41) is 0. The van der Waals surface area contributed by atoms with E-state index in [1.807, 2.05) is 0 Å². The van der Waals surface area contributed by atoms with Crippen LogP contribution in [0.1, 0.15) is 0 Å². The molecule has 1 nitrogen and oxygen atoms in total. The van der Waals surface area contributed by atoms with E-state index in [1.54, 1.807) is 0 Å². The molecule has 0 saturated heterocycles. The molecule has 0 aliphatic carbocycles. The summed E-state index contributed by atoms with van der Waals surface area (Å²) in [5.41, 5.74) is 0.657. The predicted molar refractivity (Wildman–Crippen MR) is 48.2 cm³/mol. The fourth-order valence-electron chi connectivity index (χ4n) is 0.497. The van der Waals surface area contributed by atoms with Gasteiger partial charge in [-0.2, -0.15) is 0 Å². The van der Waals surface area contributed by atoms with Crippen LogP contribution >= 0.6 is 0 Å². The van der Waals surface area contributed by atoms with Gasteiger partial charge in [-0.25, -0.2) is 4.39 Å². The molecule has 2 heteroatoms. The van der Waals surface area contributed by atoms with Crippen molar-refractivity contribution in [1.29, 1.82) is 0 Å². The van der Waals surface area contributed by atoms with Gasteiger partial charge in [0.15, 0.2) is 0 Å². The molecule has 0 fully saturated rings. The third kappa shape index (κ3) is 6.79. The average molecular weight is 166 g/mol. The Hall–Kier alpha value is -1.33. The maximum atomic E-state index is 12.1. The highest BCUT2D eigenvalue weighted by Gasteiger charge is 1.88. The van der Waals surface area contributed by atoms with Gasteiger partial charge in [-0.05, 0) is 11.6 Å². The van der Waals surface area contributed by atoms with Gasteiger partial charge in [0.2, 0.25) is 0 Å². The number of rotatable bonds is 5. The summed E-state index contributed by atoms with van der Waals surface area (Å²) in [6.07, 6.45) is 7.66. The van der Waals surface area contributed by atoms with Gasteiger partial charge < -0.3 is 4.74 Å².